The monoisotopic (exact) mass is 439 g/mol. The molecule has 1 N–H and O–H groups in total. The van der Waals surface area contributed by atoms with Crippen LogP contribution < -0.4 is 4.90 Å². The van der Waals surface area contributed by atoms with Crippen LogP contribution in [-0.4, -0.2) is 52.9 Å². The van der Waals surface area contributed by atoms with Crippen molar-refractivity contribution in [2.24, 2.45) is 7.05 Å². The number of nitrogens with one attached hydrogen (secondary N) is 1. The van der Waals surface area contributed by atoms with Crippen LogP contribution >= 0.6 is 0 Å². The summed E-state index contributed by atoms with van der Waals surface area (Å²) in [5.74, 6) is 0. The van der Waals surface area contributed by atoms with Gasteiger partial charge in [-0.3, -0.25) is 5.10 Å². The summed E-state index contributed by atoms with van der Waals surface area (Å²) in [5, 5.41) is 7.47. The van der Waals surface area contributed by atoms with E-state index >= 15 is 0 Å². The molecule has 170 valence electrons. The van der Waals surface area contributed by atoms with Gasteiger partial charge in [-0.15, -0.1) is 0 Å². The highest BCUT2D eigenvalue weighted by molar-refractivity contribution is 5.70. The minimum atomic E-state index is 0.912. The summed E-state index contributed by atoms with van der Waals surface area (Å²) in [6.45, 7) is 8.38. The first-order chi connectivity index (χ1) is 16.1. The topological polar surface area (TPSA) is 40.1 Å². The smallest absolute Gasteiger partial charge is 0.0854 e. The maximum absolute atomic E-state index is 4.39. The Balaban J connectivity index is 1.34. The minimum Gasteiger partial charge on any atom is -0.370 e. The highest BCUT2D eigenvalue weighted by atomic mass is 15.2. The number of aromatic nitrogens is 3. The van der Waals surface area contributed by atoms with E-state index in [1.54, 1.807) is 0 Å². The van der Waals surface area contributed by atoms with Gasteiger partial charge in [0.05, 0.1) is 11.4 Å². The summed E-state index contributed by atoms with van der Waals surface area (Å²) < 4.78 is 2.08. The van der Waals surface area contributed by atoms with Gasteiger partial charge in [0.1, 0.15) is 0 Å². The molecule has 2 aromatic heterocycles. The van der Waals surface area contributed by atoms with Gasteiger partial charge in [-0.05, 0) is 73.6 Å². The highest BCUT2D eigenvalue weighted by Gasteiger charge is 2.12. The lowest BCUT2D eigenvalue weighted by Gasteiger charge is -2.22. The fraction of sp³-hybridized carbons (Fsp3) is 0.250. The molecule has 0 aliphatic carbocycles. The molecule has 1 aliphatic rings. The Hall–Kier alpha value is -3.57. The molecule has 4 rings (SSSR count). The molecule has 0 saturated carbocycles. The van der Waals surface area contributed by atoms with Gasteiger partial charge >= 0.3 is 0 Å². The standard InChI is InChI=1S/C28H33N5/c1-4-24-16-19-32(3)28(24)9-6-5-8-25-22-26(30-29-25)13-10-23-11-14-27(15-12-23)33-18-7-17-31(2)20-21-33/h4-6,8-16,19,22H,1,7,17-18,20-21H2,2-3H3,(H,29,30)/b8-5+,9-6+,13-10+. The van der Waals surface area contributed by atoms with Gasteiger partial charge in [-0.1, -0.05) is 43.0 Å². The molecule has 0 atom stereocenters. The maximum Gasteiger partial charge on any atom is 0.0854 e. The molecule has 0 spiro atoms. The summed E-state index contributed by atoms with van der Waals surface area (Å²) in [7, 11) is 4.24. The molecule has 3 aromatic rings. The SMILES string of the molecule is C=Cc1ccn(C)c1/C=C/C=C/c1cc(/C=C/c2ccc(N3CCCN(C)CC3)cc2)n[nH]1. The number of aromatic amines is 1. The van der Waals surface area contributed by atoms with E-state index in [2.05, 4.69) is 80.7 Å². The van der Waals surface area contributed by atoms with E-state index in [1.807, 2.05) is 49.7 Å². The lowest BCUT2D eigenvalue weighted by atomic mass is 10.1. The fourth-order valence-electron chi connectivity index (χ4n) is 4.06. The van der Waals surface area contributed by atoms with Crippen LogP contribution in [0.4, 0.5) is 5.69 Å². The summed E-state index contributed by atoms with van der Waals surface area (Å²) in [6.07, 6.45) is 17.4. The zero-order valence-corrected chi connectivity index (χ0v) is 19.6. The molecule has 0 unspecified atom stereocenters. The van der Waals surface area contributed by atoms with Crippen molar-refractivity contribution in [3.05, 3.63) is 89.5 Å². The molecule has 1 aromatic carbocycles. The highest BCUT2D eigenvalue weighted by Crippen LogP contribution is 2.19. The van der Waals surface area contributed by atoms with Gasteiger partial charge in [0.2, 0.25) is 0 Å². The van der Waals surface area contributed by atoms with Crippen molar-refractivity contribution in [3.8, 4) is 0 Å². The Kier molecular flexibility index (Phi) is 7.43. The number of anilines is 1. The number of hydrogen-bond acceptors (Lipinski definition) is 3. The van der Waals surface area contributed by atoms with E-state index < -0.39 is 0 Å². The van der Waals surface area contributed by atoms with Gasteiger partial charge in [0.15, 0.2) is 0 Å². The number of hydrogen-bond donors (Lipinski definition) is 1. The summed E-state index contributed by atoms with van der Waals surface area (Å²) >= 11 is 0. The van der Waals surface area contributed by atoms with Gasteiger partial charge in [0.25, 0.3) is 0 Å². The van der Waals surface area contributed by atoms with E-state index in [-0.39, 0.29) is 0 Å². The molecule has 0 radical (unpaired) electrons. The predicted octanol–water partition coefficient (Wildman–Crippen LogP) is 5.43. The van der Waals surface area contributed by atoms with E-state index in [0.717, 1.165) is 42.3 Å². The van der Waals surface area contributed by atoms with Crippen LogP contribution in [0.2, 0.25) is 0 Å². The second-order valence-corrected chi connectivity index (χ2v) is 8.51. The first kappa shape index (κ1) is 22.6. The van der Waals surface area contributed by atoms with Crippen LogP contribution in [0.1, 0.15) is 34.6 Å². The first-order valence-corrected chi connectivity index (χ1v) is 11.5. The molecule has 5 nitrogen and oxygen atoms in total. The van der Waals surface area contributed by atoms with Crippen LogP contribution in [0, 0.1) is 0 Å². The molecule has 0 amide bonds. The number of benzene rings is 1. The minimum absolute atomic E-state index is 0.912. The lowest BCUT2D eigenvalue weighted by Crippen LogP contribution is -2.28. The molecule has 1 saturated heterocycles. The molecule has 5 heteroatoms. The van der Waals surface area contributed by atoms with E-state index in [1.165, 1.54) is 24.2 Å². The van der Waals surface area contributed by atoms with Crippen molar-refractivity contribution in [1.29, 1.82) is 0 Å². The van der Waals surface area contributed by atoms with E-state index in [9.17, 15) is 0 Å². The van der Waals surface area contributed by atoms with E-state index in [4.69, 9.17) is 0 Å². The molecule has 1 aliphatic heterocycles. The van der Waals surface area contributed by atoms with Crippen LogP contribution in [-0.2, 0) is 7.05 Å². The van der Waals surface area contributed by atoms with Crippen molar-refractivity contribution in [2.45, 2.75) is 6.42 Å². The van der Waals surface area contributed by atoms with Crippen LogP contribution in [0.3, 0.4) is 0 Å². The van der Waals surface area contributed by atoms with Crippen molar-refractivity contribution in [1.82, 2.24) is 19.7 Å². The lowest BCUT2D eigenvalue weighted by molar-refractivity contribution is 0.360. The third kappa shape index (κ3) is 6.02. The second kappa shape index (κ2) is 10.8. The molecule has 33 heavy (non-hydrogen) atoms. The van der Waals surface area contributed by atoms with Crippen molar-refractivity contribution >= 4 is 36.1 Å². The van der Waals surface area contributed by atoms with Gasteiger partial charge in [-0.2, -0.15) is 5.10 Å². The summed E-state index contributed by atoms with van der Waals surface area (Å²) in [5.41, 5.74) is 6.62. The molecule has 1 fully saturated rings. The average molecular weight is 440 g/mol. The molecular weight excluding hydrogens is 406 g/mol. The molecule has 0 bridgehead atoms. The van der Waals surface area contributed by atoms with Gasteiger partial charge in [-0.25, -0.2) is 0 Å². The third-order valence-corrected chi connectivity index (χ3v) is 6.06. The zero-order valence-electron chi connectivity index (χ0n) is 19.6. The number of allylic oxidation sites excluding steroid dienone is 2. The van der Waals surface area contributed by atoms with Crippen molar-refractivity contribution in [2.75, 3.05) is 38.1 Å². The van der Waals surface area contributed by atoms with Crippen LogP contribution in [0.5, 0.6) is 0 Å². The Morgan fingerprint density at radius 2 is 1.73 bits per heavy atom. The van der Waals surface area contributed by atoms with Gasteiger partial charge in [0, 0.05) is 44.3 Å². The Labute approximate surface area is 197 Å². The predicted molar refractivity (Wildman–Crippen MR) is 142 cm³/mol. The first-order valence-electron chi connectivity index (χ1n) is 11.5. The molecule has 3 heterocycles. The Morgan fingerprint density at radius 3 is 2.55 bits per heavy atom. The van der Waals surface area contributed by atoms with E-state index in [0.29, 0.717) is 0 Å². The zero-order chi connectivity index (χ0) is 23.0. The van der Waals surface area contributed by atoms with Crippen LogP contribution in [0.25, 0.3) is 30.4 Å². The molecular formula is C28H33N5. The quantitative estimate of drug-likeness (QED) is 0.499. The summed E-state index contributed by atoms with van der Waals surface area (Å²) in [6, 6.07) is 12.9. The van der Waals surface area contributed by atoms with Crippen LogP contribution in [0.15, 0.2) is 61.3 Å². The number of aryl methyl sites for hydroxylation is 1. The number of rotatable bonds is 7. The largest absolute Gasteiger partial charge is 0.370 e. The fourth-order valence-corrected chi connectivity index (χ4v) is 4.06. The number of nitrogens with zero attached hydrogens (tertiary/aromatic N) is 4. The second-order valence-electron chi connectivity index (χ2n) is 8.51. The number of likely N-dealkylation sites (N-methyl/N-ethyl adjacent to an activating group) is 1. The Bertz CT molecular complexity index is 1140. The normalized spacial score (nSPS) is 15.8. The maximum atomic E-state index is 4.39. The average Bonchev–Trinajstić information content (AvgIpc) is 3.36. The number of H-pyrrole nitrogens is 1. The van der Waals surface area contributed by atoms with Crippen molar-refractivity contribution in [3.63, 3.8) is 0 Å². The Morgan fingerprint density at radius 1 is 0.909 bits per heavy atom. The third-order valence-electron chi connectivity index (χ3n) is 6.06. The summed E-state index contributed by atoms with van der Waals surface area (Å²) in [4.78, 5) is 4.89. The van der Waals surface area contributed by atoms with Gasteiger partial charge < -0.3 is 14.4 Å². The van der Waals surface area contributed by atoms with Crippen molar-refractivity contribution < 1.29 is 0 Å².